The summed E-state index contributed by atoms with van der Waals surface area (Å²) in [7, 11) is 0. The van der Waals surface area contributed by atoms with E-state index in [1.54, 1.807) is 23.1 Å². The van der Waals surface area contributed by atoms with Crippen molar-refractivity contribution in [1.29, 1.82) is 0 Å². The molecule has 46 heavy (non-hydrogen) atoms. The number of ketones is 1. The van der Waals surface area contributed by atoms with Crippen LogP contribution >= 0.6 is 23.1 Å². The Bertz CT molecular complexity index is 1250. The minimum Gasteiger partial charge on any atom is -0.458 e. The number of hydrogen-bond acceptors (Lipinski definition) is 9. The largest absolute Gasteiger partial charge is 0.458 e. The van der Waals surface area contributed by atoms with Crippen molar-refractivity contribution < 1.29 is 23.9 Å². The van der Waals surface area contributed by atoms with Gasteiger partial charge in [0.15, 0.2) is 0 Å². The minimum absolute atomic E-state index is 0.0933. The number of fused-ring (bicyclic) bond motifs is 1. The molecule has 260 valence electrons. The standard InChI is InChI=1S/C36H59N3O5S2/c1-22-14-13-15-36(11)29(39(36)17-16-37-32(42)44-34(6,7)8)20-28(23(2)18-27-21-46-33(38-27)45-12)43-30(40)19-24(3)35(9,10)31(41)26(5)25(22)4/h18,21-22,24-26,28-29H,13-17,19-20H2,1-12H3,(H,37,42)/b23-18+/t22-,24-,25-,26+,28-,29-,36+,39?/m0/s1. The molecule has 10 heteroatoms. The molecule has 2 aliphatic rings. The van der Waals surface area contributed by atoms with E-state index in [1.807, 2.05) is 66.2 Å². The van der Waals surface area contributed by atoms with Crippen molar-refractivity contribution in [1.82, 2.24) is 15.2 Å². The second kappa shape index (κ2) is 15.5. The molecule has 1 amide bonds. The van der Waals surface area contributed by atoms with Crippen LogP contribution in [-0.4, -0.2) is 70.4 Å². The van der Waals surface area contributed by atoms with Crippen LogP contribution in [0.1, 0.15) is 114 Å². The number of carbonyl (C=O) groups excluding carboxylic acids is 3. The Hall–Kier alpha value is -1.91. The Morgan fingerprint density at radius 3 is 2.50 bits per heavy atom. The number of Topliss-reactive ketones (excluding diaryl/α,β-unsaturated/α-hetero) is 1. The number of rotatable bonds is 6. The van der Waals surface area contributed by atoms with Gasteiger partial charge in [-0.05, 0) is 76.7 Å². The molecule has 1 unspecified atom stereocenters. The van der Waals surface area contributed by atoms with Gasteiger partial charge in [-0.2, -0.15) is 0 Å². The fourth-order valence-electron chi connectivity index (χ4n) is 6.88. The number of amides is 1. The Labute approximate surface area is 286 Å². The average molecular weight is 678 g/mol. The number of ether oxygens (including phenoxy) is 2. The zero-order valence-electron chi connectivity index (χ0n) is 30.3. The van der Waals surface area contributed by atoms with Gasteiger partial charge < -0.3 is 14.8 Å². The van der Waals surface area contributed by atoms with E-state index in [0.29, 0.717) is 25.4 Å². The lowest BCUT2D eigenvalue weighted by Gasteiger charge is -2.36. The lowest BCUT2D eigenvalue weighted by atomic mass is 9.67. The zero-order valence-corrected chi connectivity index (χ0v) is 32.0. The molecule has 0 spiro atoms. The van der Waals surface area contributed by atoms with Crippen LogP contribution in [0.5, 0.6) is 0 Å². The van der Waals surface area contributed by atoms with Crippen molar-refractivity contribution in [2.45, 2.75) is 136 Å². The summed E-state index contributed by atoms with van der Waals surface area (Å²) in [6, 6.07) is 0.182. The summed E-state index contributed by atoms with van der Waals surface area (Å²) in [6.45, 7) is 23.5. The Balaban J connectivity index is 1.91. The highest BCUT2D eigenvalue weighted by atomic mass is 32.2. The number of aromatic nitrogens is 1. The molecular weight excluding hydrogens is 619 g/mol. The molecule has 3 rings (SSSR count). The number of thiazole rings is 1. The first kappa shape index (κ1) is 38.5. The summed E-state index contributed by atoms with van der Waals surface area (Å²) in [5, 5.41) is 4.95. The second-order valence-corrected chi connectivity index (χ2v) is 17.5. The Kier molecular flexibility index (Phi) is 13.0. The molecule has 0 aromatic carbocycles. The number of esters is 1. The molecule has 2 aliphatic heterocycles. The van der Waals surface area contributed by atoms with Gasteiger partial charge in [-0.15, -0.1) is 11.3 Å². The molecule has 0 aliphatic carbocycles. The quantitative estimate of drug-likeness (QED) is 0.183. The van der Waals surface area contributed by atoms with Crippen LogP contribution in [0.25, 0.3) is 6.08 Å². The van der Waals surface area contributed by atoms with Crippen molar-refractivity contribution in [3.8, 4) is 0 Å². The molecule has 3 heterocycles. The number of nitrogens with one attached hydrogen (secondary N) is 1. The van der Waals surface area contributed by atoms with Crippen LogP contribution < -0.4 is 5.32 Å². The predicted octanol–water partition coefficient (Wildman–Crippen LogP) is 8.25. The highest BCUT2D eigenvalue weighted by Gasteiger charge is 2.58. The summed E-state index contributed by atoms with van der Waals surface area (Å²) in [6.07, 6.45) is 7.08. The predicted molar refractivity (Wildman–Crippen MR) is 189 cm³/mol. The SMILES string of the molecule is CSc1nc(/C=C(\C)[C@@H]2C[C@@H]3N(CCNC(=O)OC(C)(C)C)[C@]3(C)CCC[C@H](C)[C@H](C)[C@@H](C)C(=O)C(C)(C)[C@@H](C)CC(=O)O2)cs1. The van der Waals surface area contributed by atoms with Crippen LogP contribution in [0.3, 0.4) is 0 Å². The van der Waals surface area contributed by atoms with Gasteiger partial charge in [-0.3, -0.25) is 14.5 Å². The van der Waals surface area contributed by atoms with E-state index in [-0.39, 0.29) is 47.5 Å². The average Bonchev–Trinajstić information content (AvgIpc) is 3.26. The molecule has 0 radical (unpaired) electrons. The van der Waals surface area contributed by atoms with Crippen molar-refractivity contribution in [2.75, 3.05) is 19.3 Å². The second-order valence-electron chi connectivity index (χ2n) is 15.5. The smallest absolute Gasteiger partial charge is 0.407 e. The topological polar surface area (TPSA) is 97.6 Å². The van der Waals surface area contributed by atoms with E-state index >= 15 is 0 Å². The monoisotopic (exact) mass is 677 g/mol. The Morgan fingerprint density at radius 1 is 1.22 bits per heavy atom. The van der Waals surface area contributed by atoms with E-state index in [4.69, 9.17) is 14.5 Å². The number of nitrogens with zero attached hydrogens (tertiary/aromatic N) is 2. The molecule has 8 atom stereocenters. The van der Waals surface area contributed by atoms with E-state index in [9.17, 15) is 14.4 Å². The van der Waals surface area contributed by atoms with Crippen LogP contribution in [0.15, 0.2) is 15.3 Å². The lowest BCUT2D eigenvalue weighted by molar-refractivity contribution is -0.150. The third kappa shape index (κ3) is 9.82. The van der Waals surface area contributed by atoms with Crippen molar-refractivity contribution in [3.05, 3.63) is 16.6 Å². The number of thioether (sulfide) groups is 1. The number of hydrogen-bond donors (Lipinski definition) is 1. The van der Waals surface area contributed by atoms with Crippen LogP contribution in [0.2, 0.25) is 0 Å². The minimum atomic E-state index is -0.647. The molecule has 2 fully saturated rings. The molecule has 0 saturated carbocycles. The first-order valence-corrected chi connectivity index (χ1v) is 19.1. The maximum Gasteiger partial charge on any atom is 0.407 e. The van der Waals surface area contributed by atoms with Crippen molar-refractivity contribution in [2.24, 2.45) is 29.1 Å². The summed E-state index contributed by atoms with van der Waals surface area (Å²) >= 11 is 3.22. The van der Waals surface area contributed by atoms with Crippen LogP contribution in [0, 0.1) is 29.1 Å². The van der Waals surface area contributed by atoms with Gasteiger partial charge in [0.05, 0.1) is 5.69 Å². The summed E-state index contributed by atoms with van der Waals surface area (Å²) in [5.74, 6) is 0.310. The zero-order chi connectivity index (χ0) is 34.6. The van der Waals surface area contributed by atoms with Gasteiger partial charge in [0.25, 0.3) is 0 Å². The number of cyclic esters (lactones) is 1. The highest BCUT2D eigenvalue weighted by molar-refractivity contribution is 8.00. The Morgan fingerprint density at radius 2 is 1.89 bits per heavy atom. The number of alkyl carbamates (subject to hydrolysis) is 1. The summed E-state index contributed by atoms with van der Waals surface area (Å²) in [4.78, 5) is 46.9. The van der Waals surface area contributed by atoms with Crippen LogP contribution in [0.4, 0.5) is 4.79 Å². The highest BCUT2D eigenvalue weighted by Crippen LogP contribution is 2.48. The third-order valence-electron chi connectivity index (χ3n) is 10.8. The fraction of sp³-hybridized carbons (Fsp3) is 0.778. The van der Waals surface area contributed by atoms with Gasteiger partial charge >= 0.3 is 12.1 Å². The van der Waals surface area contributed by atoms with Gasteiger partial charge in [-0.1, -0.05) is 66.1 Å². The van der Waals surface area contributed by atoms with E-state index in [0.717, 1.165) is 34.9 Å². The fourth-order valence-corrected chi connectivity index (χ4v) is 8.10. The molecule has 1 N–H and O–H groups in total. The molecule has 1 aromatic heterocycles. The maximum atomic E-state index is 13.8. The first-order valence-electron chi connectivity index (χ1n) is 16.9. The summed E-state index contributed by atoms with van der Waals surface area (Å²) < 4.78 is 12.8. The van der Waals surface area contributed by atoms with Gasteiger partial charge in [-0.25, -0.2) is 9.78 Å². The molecular formula is C36H59N3O5S2. The maximum absolute atomic E-state index is 13.8. The van der Waals surface area contributed by atoms with Gasteiger partial charge in [0, 0.05) is 54.2 Å². The van der Waals surface area contributed by atoms with Crippen LogP contribution in [-0.2, 0) is 19.1 Å². The normalized spacial score (nSPS) is 33.1. The molecule has 1 aromatic rings. The van der Waals surface area contributed by atoms with Crippen molar-refractivity contribution >= 4 is 47.0 Å². The molecule has 0 bridgehead atoms. The van der Waals surface area contributed by atoms with Gasteiger partial charge in [0.1, 0.15) is 21.8 Å². The molecule has 8 nitrogen and oxygen atoms in total. The number of carbonyl (C=O) groups is 3. The summed E-state index contributed by atoms with van der Waals surface area (Å²) in [5.41, 5.74) is 0.520. The van der Waals surface area contributed by atoms with Gasteiger partial charge in [0.2, 0.25) is 0 Å². The lowest BCUT2D eigenvalue weighted by Crippen LogP contribution is -2.40. The van der Waals surface area contributed by atoms with E-state index in [1.165, 1.54) is 0 Å². The van der Waals surface area contributed by atoms with E-state index in [2.05, 4.69) is 37.9 Å². The van der Waals surface area contributed by atoms with E-state index < -0.39 is 23.2 Å². The first-order chi connectivity index (χ1) is 21.3. The van der Waals surface area contributed by atoms with Crippen molar-refractivity contribution in [3.63, 3.8) is 0 Å². The molecule has 2 saturated heterocycles. The third-order valence-corrected chi connectivity index (χ3v) is 12.6.